The first-order chi connectivity index (χ1) is 7.93. The molecule has 84 valence electrons. The van der Waals surface area contributed by atoms with Crippen LogP contribution in [0.2, 0.25) is 0 Å². The molecule has 1 fully saturated rings. The number of para-hydroxylation sites is 1. The van der Waals surface area contributed by atoms with Crippen molar-refractivity contribution in [2.24, 2.45) is 0 Å². The van der Waals surface area contributed by atoms with Crippen molar-refractivity contribution in [1.29, 1.82) is 0 Å². The predicted molar refractivity (Wildman–Crippen MR) is 66.1 cm³/mol. The van der Waals surface area contributed by atoms with Crippen LogP contribution in [-0.2, 0) is 0 Å². The lowest BCUT2D eigenvalue weighted by atomic mass is 10.2. The molecule has 2 heterocycles. The van der Waals surface area contributed by atoms with Gasteiger partial charge in [-0.25, -0.2) is 4.98 Å². The van der Waals surface area contributed by atoms with Gasteiger partial charge in [0.25, 0.3) is 0 Å². The molecule has 0 radical (unpaired) electrons. The van der Waals surface area contributed by atoms with Crippen molar-refractivity contribution in [3.8, 4) is 5.75 Å². The molecule has 1 atom stereocenters. The Morgan fingerprint density at radius 3 is 3.38 bits per heavy atom. The minimum Gasteiger partial charge on any atom is -0.490 e. The van der Waals surface area contributed by atoms with Gasteiger partial charge in [-0.3, -0.25) is 0 Å². The van der Waals surface area contributed by atoms with Crippen molar-refractivity contribution < 1.29 is 4.74 Å². The Morgan fingerprint density at radius 2 is 2.50 bits per heavy atom. The van der Waals surface area contributed by atoms with Gasteiger partial charge in [0.05, 0.1) is 10.2 Å². The normalized spacial score (nSPS) is 20.4. The number of aromatic nitrogens is 1. The summed E-state index contributed by atoms with van der Waals surface area (Å²) < 4.78 is 7.03. The number of benzene rings is 1. The molecule has 0 bridgehead atoms. The van der Waals surface area contributed by atoms with Crippen LogP contribution in [0.3, 0.4) is 0 Å². The van der Waals surface area contributed by atoms with Gasteiger partial charge in [0.1, 0.15) is 17.9 Å². The molecule has 0 aliphatic carbocycles. The van der Waals surface area contributed by atoms with Crippen LogP contribution in [0.5, 0.6) is 5.75 Å². The highest BCUT2D eigenvalue weighted by molar-refractivity contribution is 7.16. The van der Waals surface area contributed by atoms with Gasteiger partial charge in [-0.1, -0.05) is 6.07 Å². The van der Waals surface area contributed by atoms with Crippen molar-refractivity contribution in [1.82, 2.24) is 10.3 Å². The van der Waals surface area contributed by atoms with Crippen molar-refractivity contribution in [2.75, 3.05) is 13.2 Å². The second kappa shape index (κ2) is 4.39. The Balaban J connectivity index is 1.75. The second-order valence-corrected chi connectivity index (χ2v) is 4.95. The molecule has 2 aromatic rings. The number of fused-ring (bicyclic) bond motifs is 1. The van der Waals surface area contributed by atoms with Gasteiger partial charge < -0.3 is 10.1 Å². The van der Waals surface area contributed by atoms with Gasteiger partial charge in [0, 0.05) is 6.04 Å². The number of nitrogens with zero attached hydrogens (tertiary/aromatic N) is 1. The van der Waals surface area contributed by atoms with Crippen LogP contribution in [0.1, 0.15) is 12.8 Å². The first kappa shape index (κ1) is 10.1. The van der Waals surface area contributed by atoms with Crippen LogP contribution in [0.25, 0.3) is 10.2 Å². The summed E-state index contributed by atoms with van der Waals surface area (Å²) in [7, 11) is 0. The fourth-order valence-corrected chi connectivity index (χ4v) is 2.76. The van der Waals surface area contributed by atoms with Crippen molar-refractivity contribution >= 4 is 21.6 Å². The highest BCUT2D eigenvalue weighted by Crippen LogP contribution is 2.27. The van der Waals surface area contributed by atoms with Gasteiger partial charge in [0.15, 0.2) is 0 Å². The summed E-state index contributed by atoms with van der Waals surface area (Å²) in [6.45, 7) is 1.87. The Morgan fingerprint density at radius 1 is 1.50 bits per heavy atom. The lowest BCUT2D eigenvalue weighted by Gasteiger charge is -2.12. The number of rotatable bonds is 3. The summed E-state index contributed by atoms with van der Waals surface area (Å²) in [6, 6.07) is 6.61. The number of nitrogens with one attached hydrogen (secondary N) is 1. The quantitative estimate of drug-likeness (QED) is 0.885. The Hall–Kier alpha value is -1.13. The number of ether oxygens (including phenoxy) is 1. The molecular weight excluding hydrogens is 220 g/mol. The van der Waals surface area contributed by atoms with Gasteiger partial charge in [-0.05, 0) is 31.5 Å². The number of hydrogen-bond donors (Lipinski definition) is 1. The van der Waals surface area contributed by atoms with Gasteiger partial charge in [-0.15, -0.1) is 11.3 Å². The lowest BCUT2D eigenvalue weighted by Crippen LogP contribution is -2.28. The minimum atomic E-state index is 0.508. The van der Waals surface area contributed by atoms with E-state index in [1.54, 1.807) is 11.3 Å². The first-order valence-electron chi connectivity index (χ1n) is 5.62. The van der Waals surface area contributed by atoms with Gasteiger partial charge in [0.2, 0.25) is 0 Å². The first-order valence-corrected chi connectivity index (χ1v) is 6.50. The molecule has 1 aromatic heterocycles. The van der Waals surface area contributed by atoms with E-state index in [2.05, 4.69) is 16.4 Å². The molecule has 1 saturated heterocycles. The molecule has 0 saturated carbocycles. The molecule has 16 heavy (non-hydrogen) atoms. The lowest BCUT2D eigenvalue weighted by molar-refractivity contribution is 0.280. The number of thiazole rings is 1. The zero-order chi connectivity index (χ0) is 10.8. The summed E-state index contributed by atoms with van der Waals surface area (Å²) >= 11 is 1.65. The summed E-state index contributed by atoms with van der Waals surface area (Å²) in [5.41, 5.74) is 2.86. The fraction of sp³-hybridized carbons (Fsp3) is 0.417. The summed E-state index contributed by atoms with van der Waals surface area (Å²) in [6.07, 6.45) is 2.47. The molecule has 1 aromatic carbocycles. The molecule has 4 heteroatoms. The smallest absolute Gasteiger partial charge is 0.146 e. The fourth-order valence-electron chi connectivity index (χ4n) is 2.07. The topological polar surface area (TPSA) is 34.1 Å². The summed E-state index contributed by atoms with van der Waals surface area (Å²) in [5, 5.41) is 3.43. The summed E-state index contributed by atoms with van der Waals surface area (Å²) in [4.78, 5) is 4.34. The van der Waals surface area contributed by atoms with Crippen LogP contribution in [0, 0.1) is 0 Å². The molecule has 1 N–H and O–H groups in total. The van der Waals surface area contributed by atoms with Crippen LogP contribution in [0.4, 0.5) is 0 Å². The average molecular weight is 234 g/mol. The number of hydrogen-bond acceptors (Lipinski definition) is 4. The second-order valence-electron chi connectivity index (χ2n) is 4.06. The average Bonchev–Trinajstić information content (AvgIpc) is 2.97. The van der Waals surface area contributed by atoms with E-state index < -0.39 is 0 Å². The molecule has 3 nitrogen and oxygen atoms in total. The van der Waals surface area contributed by atoms with Crippen LogP contribution in [-0.4, -0.2) is 24.2 Å². The Kier molecular flexibility index (Phi) is 2.76. The van der Waals surface area contributed by atoms with E-state index in [1.165, 1.54) is 17.5 Å². The molecule has 0 spiro atoms. The third-order valence-corrected chi connectivity index (χ3v) is 3.72. The Labute approximate surface area is 98.5 Å². The third kappa shape index (κ3) is 1.90. The maximum atomic E-state index is 5.84. The van der Waals surface area contributed by atoms with E-state index in [0.29, 0.717) is 6.04 Å². The van der Waals surface area contributed by atoms with Crippen LogP contribution in [0.15, 0.2) is 23.7 Å². The van der Waals surface area contributed by atoms with E-state index in [1.807, 2.05) is 17.6 Å². The zero-order valence-corrected chi connectivity index (χ0v) is 9.80. The zero-order valence-electron chi connectivity index (χ0n) is 8.98. The summed E-state index contributed by atoms with van der Waals surface area (Å²) in [5.74, 6) is 0.910. The highest BCUT2D eigenvalue weighted by atomic mass is 32.1. The van der Waals surface area contributed by atoms with Crippen LogP contribution < -0.4 is 10.1 Å². The van der Waals surface area contributed by atoms with E-state index in [-0.39, 0.29) is 0 Å². The molecular formula is C12H14N2OS. The monoisotopic (exact) mass is 234 g/mol. The molecule has 0 amide bonds. The molecule has 1 aliphatic rings. The van der Waals surface area contributed by atoms with E-state index in [4.69, 9.17) is 4.74 Å². The Bertz CT molecular complexity index is 477. The van der Waals surface area contributed by atoms with Crippen molar-refractivity contribution in [3.05, 3.63) is 23.7 Å². The molecule has 1 unspecified atom stereocenters. The van der Waals surface area contributed by atoms with E-state index in [9.17, 15) is 0 Å². The maximum absolute atomic E-state index is 5.84. The van der Waals surface area contributed by atoms with Gasteiger partial charge in [-0.2, -0.15) is 0 Å². The highest BCUT2D eigenvalue weighted by Gasteiger charge is 2.15. The molecule has 3 rings (SSSR count). The standard InChI is InChI=1S/C12H14N2OS/c1-4-10(12-11(5-1)16-8-14-12)15-7-9-3-2-6-13-9/h1,4-5,8-9,13H,2-3,6-7H2. The molecule has 1 aliphatic heterocycles. The largest absolute Gasteiger partial charge is 0.490 e. The van der Waals surface area contributed by atoms with E-state index in [0.717, 1.165) is 24.4 Å². The van der Waals surface area contributed by atoms with E-state index >= 15 is 0 Å². The van der Waals surface area contributed by atoms with Crippen molar-refractivity contribution in [3.63, 3.8) is 0 Å². The predicted octanol–water partition coefficient (Wildman–Crippen LogP) is 2.43. The minimum absolute atomic E-state index is 0.508. The SMILES string of the molecule is c1cc(OCC2CCCN2)c2ncsc2c1. The van der Waals surface area contributed by atoms with Gasteiger partial charge >= 0.3 is 0 Å². The van der Waals surface area contributed by atoms with Crippen molar-refractivity contribution in [2.45, 2.75) is 18.9 Å². The van der Waals surface area contributed by atoms with Crippen LogP contribution >= 0.6 is 11.3 Å². The maximum Gasteiger partial charge on any atom is 0.146 e. The third-order valence-electron chi connectivity index (χ3n) is 2.93.